The van der Waals surface area contributed by atoms with Crippen LogP contribution in [0.15, 0.2) is 40.9 Å². The average molecular weight is 254 g/mol. The first-order valence-corrected chi connectivity index (χ1v) is 6.19. The van der Waals surface area contributed by atoms with Crippen molar-refractivity contribution in [3.8, 4) is 11.6 Å². The molecule has 0 fully saturated rings. The second kappa shape index (κ2) is 5.16. The Labute approximate surface area is 110 Å². The van der Waals surface area contributed by atoms with Gasteiger partial charge in [-0.2, -0.15) is 0 Å². The number of nitrogens with zero attached hydrogens (tertiary/aromatic N) is 3. The van der Waals surface area contributed by atoms with E-state index in [1.165, 1.54) is 0 Å². The summed E-state index contributed by atoms with van der Waals surface area (Å²) in [5.41, 5.74) is 0.737. The molecule has 0 saturated carbocycles. The topological polar surface area (TPSA) is 63.8 Å². The van der Waals surface area contributed by atoms with Crippen molar-refractivity contribution in [2.75, 3.05) is 13.6 Å². The van der Waals surface area contributed by atoms with Crippen LogP contribution in [0.2, 0.25) is 0 Å². The van der Waals surface area contributed by atoms with Crippen LogP contribution in [-0.2, 0) is 6.42 Å². The van der Waals surface area contributed by atoms with Crippen LogP contribution in [-0.4, -0.2) is 28.8 Å². The summed E-state index contributed by atoms with van der Waals surface area (Å²) in [6, 6.07) is 10.00. The number of aromatic nitrogens is 3. The zero-order valence-corrected chi connectivity index (χ0v) is 10.6. The van der Waals surface area contributed by atoms with E-state index in [0.29, 0.717) is 18.2 Å². The quantitative estimate of drug-likeness (QED) is 0.772. The van der Waals surface area contributed by atoms with E-state index in [2.05, 4.69) is 20.5 Å². The number of nitrogens with one attached hydrogen (secondary N) is 1. The van der Waals surface area contributed by atoms with Gasteiger partial charge < -0.3 is 9.73 Å². The van der Waals surface area contributed by atoms with Gasteiger partial charge in [-0.1, -0.05) is 24.3 Å². The average Bonchev–Trinajstić information content (AvgIpc) is 2.93. The van der Waals surface area contributed by atoms with E-state index in [1.807, 2.05) is 37.4 Å². The minimum atomic E-state index is 0.475. The van der Waals surface area contributed by atoms with Gasteiger partial charge in [0, 0.05) is 24.5 Å². The predicted octanol–water partition coefficient (Wildman–Crippen LogP) is 2.05. The summed E-state index contributed by atoms with van der Waals surface area (Å²) in [6.45, 7) is 0.810. The molecule has 3 rings (SSSR count). The molecule has 0 aliphatic rings. The molecule has 96 valence electrons. The van der Waals surface area contributed by atoms with E-state index < -0.39 is 0 Å². The van der Waals surface area contributed by atoms with Gasteiger partial charge >= 0.3 is 0 Å². The van der Waals surface area contributed by atoms with Crippen molar-refractivity contribution in [2.45, 2.75) is 6.42 Å². The Bertz CT molecular complexity index is 687. The highest BCUT2D eigenvalue weighted by atomic mass is 16.4. The molecule has 0 unspecified atom stereocenters. The highest BCUT2D eigenvalue weighted by Gasteiger charge is 2.12. The van der Waals surface area contributed by atoms with Crippen LogP contribution in [0.3, 0.4) is 0 Å². The Balaban J connectivity index is 2.02. The SMILES string of the molecule is CNCCc1nnc(-c2nccc3ccccc23)o1. The number of fused-ring (bicyclic) bond motifs is 1. The van der Waals surface area contributed by atoms with E-state index >= 15 is 0 Å². The van der Waals surface area contributed by atoms with Gasteiger partial charge in [0.1, 0.15) is 5.69 Å². The summed E-state index contributed by atoms with van der Waals surface area (Å²) in [7, 11) is 1.89. The zero-order chi connectivity index (χ0) is 13.1. The maximum absolute atomic E-state index is 5.66. The van der Waals surface area contributed by atoms with Gasteiger partial charge in [-0.25, -0.2) is 0 Å². The number of pyridine rings is 1. The lowest BCUT2D eigenvalue weighted by atomic mass is 10.1. The predicted molar refractivity (Wildman–Crippen MR) is 72.7 cm³/mol. The maximum Gasteiger partial charge on any atom is 0.266 e. The second-order valence-corrected chi connectivity index (χ2v) is 4.24. The van der Waals surface area contributed by atoms with Crippen LogP contribution in [0.4, 0.5) is 0 Å². The number of benzene rings is 1. The fourth-order valence-corrected chi connectivity index (χ4v) is 1.97. The van der Waals surface area contributed by atoms with Gasteiger partial charge in [-0.3, -0.25) is 4.98 Å². The molecule has 2 heterocycles. The summed E-state index contributed by atoms with van der Waals surface area (Å²) < 4.78 is 5.66. The van der Waals surface area contributed by atoms with Gasteiger partial charge in [-0.05, 0) is 18.5 Å². The molecule has 0 radical (unpaired) electrons. The summed E-state index contributed by atoms with van der Waals surface area (Å²) >= 11 is 0. The molecule has 5 nitrogen and oxygen atoms in total. The third kappa shape index (κ3) is 2.32. The van der Waals surface area contributed by atoms with Crippen molar-refractivity contribution in [1.29, 1.82) is 0 Å². The lowest BCUT2D eigenvalue weighted by Gasteiger charge is -2.00. The van der Waals surface area contributed by atoms with E-state index in [9.17, 15) is 0 Å². The van der Waals surface area contributed by atoms with Crippen molar-refractivity contribution in [3.63, 3.8) is 0 Å². The highest BCUT2D eigenvalue weighted by Crippen LogP contribution is 2.25. The zero-order valence-electron chi connectivity index (χ0n) is 10.6. The molecule has 0 aliphatic heterocycles. The second-order valence-electron chi connectivity index (χ2n) is 4.24. The van der Waals surface area contributed by atoms with Crippen molar-refractivity contribution in [1.82, 2.24) is 20.5 Å². The molecular weight excluding hydrogens is 240 g/mol. The maximum atomic E-state index is 5.66. The van der Waals surface area contributed by atoms with Crippen molar-refractivity contribution < 1.29 is 4.42 Å². The number of likely N-dealkylation sites (N-methyl/N-ethyl adjacent to an activating group) is 1. The summed E-state index contributed by atoms with van der Waals surface area (Å²) in [4.78, 5) is 4.36. The highest BCUT2D eigenvalue weighted by molar-refractivity contribution is 5.92. The summed E-state index contributed by atoms with van der Waals surface area (Å²) in [6.07, 6.45) is 2.48. The Hall–Kier alpha value is -2.27. The van der Waals surface area contributed by atoms with Crippen LogP contribution in [0, 0.1) is 0 Å². The van der Waals surface area contributed by atoms with Gasteiger partial charge in [0.15, 0.2) is 0 Å². The van der Waals surface area contributed by atoms with Crippen LogP contribution in [0.25, 0.3) is 22.4 Å². The molecule has 3 aromatic rings. The van der Waals surface area contributed by atoms with Crippen LogP contribution in [0.1, 0.15) is 5.89 Å². The van der Waals surface area contributed by atoms with Crippen molar-refractivity contribution >= 4 is 10.8 Å². The molecule has 0 aliphatic carbocycles. The summed E-state index contributed by atoms with van der Waals surface area (Å²) in [5.74, 6) is 1.10. The lowest BCUT2D eigenvalue weighted by molar-refractivity contribution is 0.499. The standard InChI is InChI=1S/C14H14N4O/c1-15-8-7-12-17-18-14(19-12)13-11-5-3-2-4-10(11)6-9-16-13/h2-6,9,15H,7-8H2,1H3. The smallest absolute Gasteiger partial charge is 0.266 e. The van der Waals surface area contributed by atoms with Crippen LogP contribution in [0.5, 0.6) is 0 Å². The fraction of sp³-hybridized carbons (Fsp3) is 0.214. The van der Waals surface area contributed by atoms with Gasteiger partial charge in [0.2, 0.25) is 5.89 Å². The molecule has 0 spiro atoms. The minimum absolute atomic E-state index is 0.475. The first-order valence-electron chi connectivity index (χ1n) is 6.19. The van der Waals surface area contributed by atoms with E-state index in [4.69, 9.17) is 4.42 Å². The van der Waals surface area contributed by atoms with E-state index in [0.717, 1.165) is 23.0 Å². The Kier molecular flexibility index (Phi) is 3.20. The number of hydrogen-bond donors (Lipinski definition) is 1. The molecular formula is C14H14N4O. The molecule has 19 heavy (non-hydrogen) atoms. The van der Waals surface area contributed by atoms with E-state index in [-0.39, 0.29) is 0 Å². The Morgan fingerprint density at radius 1 is 1.16 bits per heavy atom. The first kappa shape index (κ1) is 11.8. The van der Waals surface area contributed by atoms with E-state index in [1.54, 1.807) is 6.20 Å². The molecule has 5 heteroatoms. The van der Waals surface area contributed by atoms with Crippen molar-refractivity contribution in [3.05, 3.63) is 42.4 Å². The number of hydrogen-bond acceptors (Lipinski definition) is 5. The molecule has 0 bridgehead atoms. The normalized spacial score (nSPS) is 11.0. The summed E-state index contributed by atoms with van der Waals surface area (Å²) in [5, 5.41) is 13.3. The molecule has 0 atom stereocenters. The minimum Gasteiger partial charge on any atom is -0.419 e. The fourth-order valence-electron chi connectivity index (χ4n) is 1.97. The van der Waals surface area contributed by atoms with Gasteiger partial charge in [0.05, 0.1) is 0 Å². The number of rotatable bonds is 4. The van der Waals surface area contributed by atoms with Crippen molar-refractivity contribution in [2.24, 2.45) is 0 Å². The third-order valence-corrected chi connectivity index (χ3v) is 2.93. The molecule has 0 saturated heterocycles. The molecule has 1 N–H and O–H groups in total. The van der Waals surface area contributed by atoms with Crippen LogP contribution < -0.4 is 5.32 Å². The first-order chi connectivity index (χ1) is 9.38. The monoisotopic (exact) mass is 254 g/mol. The van der Waals surface area contributed by atoms with Crippen LogP contribution >= 0.6 is 0 Å². The Morgan fingerprint density at radius 3 is 2.95 bits per heavy atom. The third-order valence-electron chi connectivity index (χ3n) is 2.93. The largest absolute Gasteiger partial charge is 0.419 e. The molecule has 1 aromatic carbocycles. The molecule has 2 aromatic heterocycles. The van der Waals surface area contributed by atoms with Gasteiger partial charge in [-0.15, -0.1) is 10.2 Å². The lowest BCUT2D eigenvalue weighted by Crippen LogP contribution is -2.10. The Morgan fingerprint density at radius 2 is 2.05 bits per heavy atom. The van der Waals surface area contributed by atoms with Gasteiger partial charge in [0.25, 0.3) is 5.89 Å². The molecule has 0 amide bonds.